The van der Waals surface area contributed by atoms with Gasteiger partial charge in [0.2, 0.25) is 5.91 Å². The molecule has 3 heterocycles. The summed E-state index contributed by atoms with van der Waals surface area (Å²) in [7, 11) is 0. The van der Waals surface area contributed by atoms with Crippen molar-refractivity contribution in [2.24, 2.45) is 5.92 Å². The second-order valence-corrected chi connectivity index (χ2v) is 7.45. The minimum Gasteiger partial charge on any atom is -0.358 e. The number of aromatic amines is 1. The number of nitrogens with zero attached hydrogens (tertiary/aromatic N) is 3. The number of anilines is 1. The molecule has 166 valence electrons. The molecule has 0 bridgehead atoms. The number of H-pyrrole nitrogens is 1. The maximum absolute atomic E-state index is 12.5. The number of amides is 2. The van der Waals surface area contributed by atoms with Crippen molar-refractivity contribution < 1.29 is 22.8 Å². The Hall–Kier alpha value is -3.37. The molecule has 0 saturated heterocycles. The molecule has 1 aliphatic heterocycles. The van der Waals surface area contributed by atoms with E-state index in [0.29, 0.717) is 30.2 Å². The van der Waals surface area contributed by atoms with Crippen molar-refractivity contribution in [3.63, 3.8) is 0 Å². The predicted molar refractivity (Wildman–Crippen MR) is 108 cm³/mol. The van der Waals surface area contributed by atoms with E-state index in [4.69, 9.17) is 0 Å². The lowest BCUT2D eigenvalue weighted by Gasteiger charge is -2.22. The summed E-state index contributed by atoms with van der Waals surface area (Å²) >= 11 is 0. The summed E-state index contributed by atoms with van der Waals surface area (Å²) in [4.78, 5) is 37.8. The monoisotopic (exact) mass is 436 g/mol. The molecule has 0 aromatic carbocycles. The fourth-order valence-corrected chi connectivity index (χ4v) is 3.03. The van der Waals surface area contributed by atoms with Gasteiger partial charge in [-0.05, 0) is 18.1 Å². The third-order valence-corrected chi connectivity index (χ3v) is 4.65. The van der Waals surface area contributed by atoms with Gasteiger partial charge in [-0.2, -0.15) is 13.2 Å². The number of nitrogens with one attached hydrogen (secondary N) is 3. The van der Waals surface area contributed by atoms with Gasteiger partial charge in [0.25, 0.3) is 5.91 Å². The molecule has 0 spiro atoms. The second-order valence-electron chi connectivity index (χ2n) is 7.45. The molecule has 0 fully saturated rings. The molecule has 0 saturated carbocycles. The van der Waals surface area contributed by atoms with Gasteiger partial charge in [0.1, 0.15) is 24.1 Å². The minimum atomic E-state index is -4.49. The summed E-state index contributed by atoms with van der Waals surface area (Å²) in [6, 6.07) is 2.23. The van der Waals surface area contributed by atoms with E-state index in [2.05, 4.69) is 20.3 Å². The van der Waals surface area contributed by atoms with Gasteiger partial charge >= 0.3 is 6.18 Å². The molecular weight excluding hydrogens is 413 g/mol. The first kappa shape index (κ1) is 22.3. The summed E-state index contributed by atoms with van der Waals surface area (Å²) in [5, 5.41) is 4.77. The highest BCUT2D eigenvalue weighted by Crippen LogP contribution is 2.20. The largest absolute Gasteiger partial charge is 0.405 e. The normalized spacial score (nSPS) is 14.7. The molecule has 2 aromatic rings. The third-order valence-electron chi connectivity index (χ3n) is 4.65. The number of aromatic nitrogens is 3. The Kier molecular flexibility index (Phi) is 6.62. The summed E-state index contributed by atoms with van der Waals surface area (Å²) in [5.74, 6) is -0.632. The van der Waals surface area contributed by atoms with E-state index in [1.165, 1.54) is 12.3 Å². The first-order chi connectivity index (χ1) is 14.6. The van der Waals surface area contributed by atoms with Crippen molar-refractivity contribution >= 4 is 17.6 Å². The van der Waals surface area contributed by atoms with Crippen LogP contribution in [0.2, 0.25) is 0 Å². The van der Waals surface area contributed by atoms with Crippen LogP contribution in [0, 0.1) is 5.92 Å². The highest BCUT2D eigenvalue weighted by Gasteiger charge is 2.30. The van der Waals surface area contributed by atoms with Gasteiger partial charge in [-0.3, -0.25) is 9.59 Å². The van der Waals surface area contributed by atoms with Crippen LogP contribution in [0.3, 0.4) is 0 Å². The zero-order chi connectivity index (χ0) is 22.6. The molecule has 3 rings (SSSR count). The van der Waals surface area contributed by atoms with Gasteiger partial charge in [-0.15, -0.1) is 0 Å². The molecule has 3 N–H and O–H groups in total. The number of carbonyl (C=O) groups excluding carboxylic acids is 2. The Morgan fingerprint density at radius 3 is 2.61 bits per heavy atom. The number of hydrogen-bond acceptors (Lipinski definition) is 5. The number of alkyl halides is 3. The van der Waals surface area contributed by atoms with E-state index in [1.807, 2.05) is 17.5 Å². The van der Waals surface area contributed by atoms with Crippen LogP contribution in [-0.4, -0.2) is 63.5 Å². The highest BCUT2D eigenvalue weighted by molar-refractivity contribution is 5.94. The molecule has 1 atom stereocenters. The smallest absolute Gasteiger partial charge is 0.358 e. The average Bonchev–Trinajstić information content (AvgIpc) is 3.41. The van der Waals surface area contributed by atoms with Crippen molar-refractivity contribution in [1.29, 1.82) is 0 Å². The van der Waals surface area contributed by atoms with E-state index in [1.54, 1.807) is 31.0 Å². The number of carbonyl (C=O) groups is 2. The van der Waals surface area contributed by atoms with E-state index in [9.17, 15) is 22.8 Å². The Labute approximate surface area is 177 Å². The van der Waals surface area contributed by atoms with Gasteiger partial charge in [0.05, 0.1) is 0 Å². The van der Waals surface area contributed by atoms with Gasteiger partial charge in [0.15, 0.2) is 5.82 Å². The van der Waals surface area contributed by atoms with Crippen molar-refractivity contribution in [3.05, 3.63) is 42.4 Å². The quantitative estimate of drug-likeness (QED) is 0.579. The van der Waals surface area contributed by atoms with Gasteiger partial charge in [-0.25, -0.2) is 9.97 Å². The van der Waals surface area contributed by atoms with Crippen molar-refractivity contribution in [2.45, 2.75) is 26.1 Å². The van der Waals surface area contributed by atoms with Crippen LogP contribution in [0.4, 0.5) is 19.0 Å². The van der Waals surface area contributed by atoms with Crippen molar-refractivity contribution in [3.8, 4) is 11.4 Å². The van der Waals surface area contributed by atoms with Gasteiger partial charge < -0.3 is 20.5 Å². The van der Waals surface area contributed by atoms with Crippen LogP contribution in [-0.2, 0) is 4.79 Å². The first-order valence-corrected chi connectivity index (χ1v) is 9.71. The van der Waals surface area contributed by atoms with Gasteiger partial charge in [0, 0.05) is 31.0 Å². The molecule has 0 aliphatic carbocycles. The minimum absolute atomic E-state index is 0.147. The van der Waals surface area contributed by atoms with Crippen LogP contribution in [0.1, 0.15) is 24.3 Å². The molecule has 0 radical (unpaired) electrons. The molecule has 2 amide bonds. The molecule has 2 aromatic heterocycles. The predicted octanol–water partition coefficient (Wildman–Crippen LogP) is 2.60. The lowest BCUT2D eigenvalue weighted by atomic mass is 10.0. The third kappa shape index (κ3) is 5.83. The van der Waals surface area contributed by atoms with Crippen LogP contribution >= 0.6 is 0 Å². The molecule has 11 heteroatoms. The highest BCUT2D eigenvalue weighted by atomic mass is 19.4. The summed E-state index contributed by atoms with van der Waals surface area (Å²) in [5.41, 5.74) is 0.967. The van der Waals surface area contributed by atoms with E-state index in [0.717, 1.165) is 0 Å². The fraction of sp³-hybridized carbons (Fsp3) is 0.400. The fourth-order valence-electron chi connectivity index (χ4n) is 3.03. The number of hydrogen-bond donors (Lipinski definition) is 3. The maximum Gasteiger partial charge on any atom is 0.405 e. The summed E-state index contributed by atoms with van der Waals surface area (Å²) in [6.07, 6.45) is 2.40. The van der Waals surface area contributed by atoms with Crippen LogP contribution < -0.4 is 10.6 Å². The Bertz CT molecular complexity index is 962. The summed E-state index contributed by atoms with van der Waals surface area (Å²) < 4.78 is 37.2. The van der Waals surface area contributed by atoms with Crippen molar-refractivity contribution in [2.75, 3.05) is 25.0 Å². The van der Waals surface area contributed by atoms with Gasteiger partial charge in [-0.1, -0.05) is 26.0 Å². The average molecular weight is 436 g/mol. The number of halogens is 3. The van der Waals surface area contributed by atoms with Crippen LogP contribution in [0.5, 0.6) is 0 Å². The van der Waals surface area contributed by atoms with E-state index >= 15 is 0 Å². The molecule has 31 heavy (non-hydrogen) atoms. The zero-order valence-electron chi connectivity index (χ0n) is 17.0. The van der Waals surface area contributed by atoms with Crippen molar-refractivity contribution in [1.82, 2.24) is 25.2 Å². The van der Waals surface area contributed by atoms with Crippen LogP contribution in [0.25, 0.3) is 11.4 Å². The lowest BCUT2D eigenvalue weighted by Crippen LogP contribution is -2.46. The molecular formula is C20H23F3N6O2. The Balaban J connectivity index is 1.72. The topological polar surface area (TPSA) is 103 Å². The molecule has 1 aliphatic rings. The van der Waals surface area contributed by atoms with Crippen LogP contribution in [0.15, 0.2) is 36.7 Å². The molecule has 0 unspecified atom stereocenters. The Morgan fingerprint density at radius 2 is 1.97 bits per heavy atom. The maximum atomic E-state index is 12.5. The van der Waals surface area contributed by atoms with E-state index < -0.39 is 24.7 Å². The number of rotatable bonds is 7. The standard InChI is InChI=1S/C20H23F3N6O2/c1-12(2)16(18(30)26-11-20(21,22)23)27-15-5-6-24-17(28-15)13-9-14(25-10-13)19(31)29-7-3-4-8-29/h3-6,9-10,12,16,25H,7-8,11H2,1-2H3,(H,26,30)(H,24,27,28)/t16-/m1/s1. The Morgan fingerprint density at radius 1 is 1.26 bits per heavy atom. The SMILES string of the molecule is CC(C)[C@@H](Nc1ccnc(-c2c[nH]c(C(=O)N3CC=CC3)c2)n1)C(=O)NCC(F)(F)F. The first-order valence-electron chi connectivity index (χ1n) is 9.71. The van der Waals surface area contributed by atoms with E-state index in [-0.39, 0.29) is 17.6 Å². The zero-order valence-corrected chi connectivity index (χ0v) is 17.0. The molecule has 8 nitrogen and oxygen atoms in total. The lowest BCUT2D eigenvalue weighted by molar-refractivity contribution is -0.139. The second kappa shape index (κ2) is 9.19. The summed E-state index contributed by atoms with van der Waals surface area (Å²) in [6.45, 7) is 3.12.